The molecule has 2 aliphatic rings. The number of carbonyl (C=O) groups excluding carboxylic acids is 2. The van der Waals surface area contributed by atoms with Crippen molar-refractivity contribution in [1.82, 2.24) is 4.90 Å². The Morgan fingerprint density at radius 2 is 2.40 bits per heavy atom. The molecule has 1 atom stereocenters. The molecule has 1 amide bonds. The number of ether oxygens (including phenoxy) is 1. The number of amides is 1. The van der Waals surface area contributed by atoms with E-state index in [2.05, 4.69) is 5.92 Å². The molecule has 102 valence electrons. The molecule has 2 rings (SSSR count). The molecule has 0 bridgehead atoms. The number of rotatable bonds is 4. The average molecular weight is 271 g/mol. The first-order chi connectivity index (χ1) is 9.69. The van der Waals surface area contributed by atoms with E-state index in [9.17, 15) is 14.7 Å². The molecule has 5 nitrogen and oxygen atoms in total. The molecule has 20 heavy (non-hydrogen) atoms. The molecule has 2 aliphatic heterocycles. The number of fused-ring (bicyclic) bond motifs is 1. The van der Waals surface area contributed by atoms with Crippen LogP contribution in [0, 0.1) is 12.3 Å². The van der Waals surface area contributed by atoms with Gasteiger partial charge < -0.3 is 9.84 Å². The Bertz CT molecular complexity index is 589. The van der Waals surface area contributed by atoms with E-state index in [0.717, 1.165) is 5.70 Å². The van der Waals surface area contributed by atoms with Crippen molar-refractivity contribution in [1.29, 1.82) is 0 Å². The van der Waals surface area contributed by atoms with E-state index in [1.165, 1.54) is 4.90 Å². The van der Waals surface area contributed by atoms with Crippen molar-refractivity contribution in [2.75, 3.05) is 0 Å². The molecule has 1 N–H and O–H groups in total. The molecule has 0 aliphatic carbocycles. The van der Waals surface area contributed by atoms with Gasteiger partial charge in [-0.05, 0) is 12.2 Å². The molecule has 1 unspecified atom stereocenters. The molecule has 2 heterocycles. The van der Waals surface area contributed by atoms with E-state index in [1.54, 1.807) is 24.4 Å². The first kappa shape index (κ1) is 13.7. The monoisotopic (exact) mass is 271 g/mol. The molecular formula is C15H13NO4. The summed E-state index contributed by atoms with van der Waals surface area (Å²) in [5, 5.41) is 10.1. The van der Waals surface area contributed by atoms with Crippen molar-refractivity contribution in [3.63, 3.8) is 0 Å². The summed E-state index contributed by atoms with van der Waals surface area (Å²) < 4.78 is 4.73. The third-order valence-corrected chi connectivity index (χ3v) is 3.02. The zero-order chi connectivity index (χ0) is 14.5. The molecule has 0 aromatic heterocycles. The van der Waals surface area contributed by atoms with Crippen LogP contribution in [0.3, 0.4) is 0 Å². The fraction of sp³-hybridized carbons (Fsp3) is 0.200. The number of allylic oxidation sites excluding steroid dienone is 4. The van der Waals surface area contributed by atoms with Crippen LogP contribution in [0.25, 0.3) is 0 Å². The van der Waals surface area contributed by atoms with Crippen LogP contribution in [0.15, 0.2) is 47.5 Å². The molecule has 0 aromatic rings. The van der Waals surface area contributed by atoms with Crippen molar-refractivity contribution in [3.8, 4) is 12.3 Å². The first-order valence-electron chi connectivity index (χ1n) is 6.02. The van der Waals surface area contributed by atoms with Gasteiger partial charge in [0.1, 0.15) is 5.76 Å². The SMILES string of the molecule is C#CCC(OC=O)C(O)=C1CC=C2C=CC=CN2C1=O. The van der Waals surface area contributed by atoms with E-state index in [1.807, 2.05) is 6.08 Å². The second kappa shape index (κ2) is 5.93. The highest BCUT2D eigenvalue weighted by molar-refractivity contribution is 5.97. The molecule has 0 saturated heterocycles. The summed E-state index contributed by atoms with van der Waals surface area (Å²) in [7, 11) is 0. The van der Waals surface area contributed by atoms with E-state index in [0.29, 0.717) is 0 Å². The van der Waals surface area contributed by atoms with Crippen LogP contribution < -0.4 is 0 Å². The number of hydrogen-bond acceptors (Lipinski definition) is 4. The van der Waals surface area contributed by atoms with Gasteiger partial charge in [0.2, 0.25) is 0 Å². The quantitative estimate of drug-likeness (QED) is 0.365. The first-order valence-corrected chi connectivity index (χ1v) is 6.02. The summed E-state index contributed by atoms with van der Waals surface area (Å²) in [4.78, 5) is 24.2. The Hall–Kier alpha value is -2.74. The zero-order valence-electron chi connectivity index (χ0n) is 10.7. The van der Waals surface area contributed by atoms with Gasteiger partial charge >= 0.3 is 0 Å². The van der Waals surface area contributed by atoms with Crippen LogP contribution >= 0.6 is 0 Å². The molecule has 5 heteroatoms. The Morgan fingerprint density at radius 3 is 3.10 bits per heavy atom. The summed E-state index contributed by atoms with van der Waals surface area (Å²) in [6.45, 7) is 0.205. The highest BCUT2D eigenvalue weighted by atomic mass is 16.5. The minimum absolute atomic E-state index is 0.00761. The summed E-state index contributed by atoms with van der Waals surface area (Å²) in [5.74, 6) is 1.66. The van der Waals surface area contributed by atoms with Crippen molar-refractivity contribution < 1.29 is 19.4 Å². The maximum atomic E-state index is 12.3. The zero-order valence-corrected chi connectivity index (χ0v) is 10.7. The van der Waals surface area contributed by atoms with Gasteiger partial charge in [-0.15, -0.1) is 12.3 Å². The van der Waals surface area contributed by atoms with Crippen LogP contribution in [0.1, 0.15) is 12.8 Å². The number of aliphatic hydroxyl groups is 1. The van der Waals surface area contributed by atoms with Crippen molar-refractivity contribution in [2.45, 2.75) is 18.9 Å². The van der Waals surface area contributed by atoms with Crippen LogP contribution in [0.4, 0.5) is 0 Å². The van der Waals surface area contributed by atoms with Crippen molar-refractivity contribution in [3.05, 3.63) is 47.5 Å². The van der Waals surface area contributed by atoms with Gasteiger partial charge in [-0.1, -0.05) is 12.2 Å². The molecule has 0 aromatic carbocycles. The van der Waals surface area contributed by atoms with Gasteiger partial charge in [0.25, 0.3) is 12.4 Å². The summed E-state index contributed by atoms with van der Waals surface area (Å²) in [6, 6.07) is 0. The second-order valence-corrected chi connectivity index (χ2v) is 4.20. The van der Waals surface area contributed by atoms with Gasteiger partial charge in [0.15, 0.2) is 6.10 Å². The number of terminal acetylenes is 1. The highest BCUT2D eigenvalue weighted by Gasteiger charge is 2.29. The normalized spacial score (nSPS) is 20.6. The fourth-order valence-corrected chi connectivity index (χ4v) is 2.04. The van der Waals surface area contributed by atoms with Crippen LogP contribution in [-0.2, 0) is 14.3 Å². The topological polar surface area (TPSA) is 66.8 Å². The van der Waals surface area contributed by atoms with Gasteiger partial charge in [0.05, 0.1) is 12.0 Å². The lowest BCUT2D eigenvalue weighted by Gasteiger charge is -2.28. The minimum atomic E-state index is -0.990. The Balaban J connectivity index is 2.34. The van der Waals surface area contributed by atoms with E-state index in [4.69, 9.17) is 11.2 Å². The van der Waals surface area contributed by atoms with Gasteiger partial charge in [-0.2, -0.15) is 0 Å². The predicted octanol–water partition coefficient (Wildman–Crippen LogP) is 1.56. The Labute approximate surface area is 116 Å². The predicted molar refractivity (Wildman–Crippen MR) is 71.9 cm³/mol. The molecular weight excluding hydrogens is 258 g/mol. The van der Waals surface area contributed by atoms with E-state index in [-0.39, 0.29) is 36.6 Å². The van der Waals surface area contributed by atoms with Crippen LogP contribution in [0.5, 0.6) is 0 Å². The largest absolute Gasteiger partial charge is 0.508 e. The van der Waals surface area contributed by atoms with E-state index < -0.39 is 6.10 Å². The lowest BCUT2D eigenvalue weighted by atomic mass is 9.99. The van der Waals surface area contributed by atoms with Crippen LogP contribution in [0.2, 0.25) is 0 Å². The maximum Gasteiger partial charge on any atom is 0.293 e. The third kappa shape index (κ3) is 2.50. The average Bonchev–Trinajstić information content (AvgIpc) is 2.47. The second-order valence-electron chi connectivity index (χ2n) is 4.20. The maximum absolute atomic E-state index is 12.3. The summed E-state index contributed by atoms with van der Waals surface area (Å²) >= 11 is 0. The third-order valence-electron chi connectivity index (χ3n) is 3.02. The van der Waals surface area contributed by atoms with Gasteiger partial charge in [-0.3, -0.25) is 14.5 Å². The number of hydrogen-bond donors (Lipinski definition) is 1. The molecule has 0 saturated carbocycles. The summed E-state index contributed by atoms with van der Waals surface area (Å²) in [6.07, 6.45) is 13.2. The lowest BCUT2D eigenvalue weighted by molar-refractivity contribution is -0.133. The van der Waals surface area contributed by atoms with Gasteiger partial charge in [-0.25, -0.2) is 0 Å². The molecule has 0 spiro atoms. The molecule has 0 radical (unpaired) electrons. The number of aliphatic hydroxyl groups excluding tert-OH is 1. The van der Waals surface area contributed by atoms with Crippen LogP contribution in [-0.4, -0.2) is 28.5 Å². The summed E-state index contributed by atoms with van der Waals surface area (Å²) in [5.41, 5.74) is 0.926. The van der Waals surface area contributed by atoms with Crippen molar-refractivity contribution in [2.24, 2.45) is 0 Å². The van der Waals surface area contributed by atoms with E-state index >= 15 is 0 Å². The smallest absolute Gasteiger partial charge is 0.293 e. The lowest BCUT2D eigenvalue weighted by Crippen LogP contribution is -2.32. The molecule has 0 fully saturated rings. The van der Waals surface area contributed by atoms with Gasteiger partial charge in [0, 0.05) is 18.3 Å². The highest BCUT2D eigenvalue weighted by Crippen LogP contribution is 2.27. The van der Waals surface area contributed by atoms with Crippen molar-refractivity contribution >= 4 is 12.4 Å². The Kier molecular flexibility index (Phi) is 4.06. The standard InChI is InChI=1S/C15H13NO4/c1-2-5-13(20-10-17)14(18)12-8-7-11-6-3-4-9-16(11)15(12)19/h1,3-4,6-7,9-10,13,18H,5,8H2. The number of carbonyl (C=O) groups is 2. The number of nitrogens with zero attached hydrogens (tertiary/aromatic N) is 1. The Morgan fingerprint density at radius 1 is 1.60 bits per heavy atom. The fourth-order valence-electron chi connectivity index (χ4n) is 2.04. The minimum Gasteiger partial charge on any atom is -0.508 e.